The van der Waals surface area contributed by atoms with Gasteiger partial charge in [-0.3, -0.25) is 0 Å². The molecule has 0 radical (unpaired) electrons. The van der Waals surface area contributed by atoms with Gasteiger partial charge in [0.2, 0.25) is 0 Å². The van der Waals surface area contributed by atoms with E-state index in [9.17, 15) is 4.39 Å². The molecule has 16 heavy (non-hydrogen) atoms. The summed E-state index contributed by atoms with van der Waals surface area (Å²) >= 11 is 1.88. The number of thioether (sulfide) groups is 1. The van der Waals surface area contributed by atoms with Crippen LogP contribution in [0.4, 0.5) is 4.39 Å². The van der Waals surface area contributed by atoms with Crippen molar-refractivity contribution in [1.82, 2.24) is 5.32 Å². The first-order valence-electron chi connectivity index (χ1n) is 5.69. The third-order valence-corrected chi connectivity index (χ3v) is 3.17. The Labute approximate surface area is 102 Å². The number of rotatable bonds is 7. The molecule has 90 valence electrons. The van der Waals surface area contributed by atoms with Gasteiger partial charge in [-0.05, 0) is 56.0 Å². The van der Waals surface area contributed by atoms with Gasteiger partial charge < -0.3 is 5.32 Å². The highest BCUT2D eigenvalue weighted by Crippen LogP contribution is 2.05. The molecule has 1 rings (SSSR count). The molecule has 3 heteroatoms. The van der Waals surface area contributed by atoms with E-state index in [1.807, 2.05) is 23.9 Å². The Kier molecular flexibility index (Phi) is 6.50. The van der Waals surface area contributed by atoms with E-state index in [1.165, 1.54) is 29.9 Å². The third kappa shape index (κ3) is 5.52. The lowest BCUT2D eigenvalue weighted by Crippen LogP contribution is -2.29. The van der Waals surface area contributed by atoms with Gasteiger partial charge in [0.05, 0.1) is 0 Å². The van der Waals surface area contributed by atoms with Crippen LogP contribution in [-0.2, 0) is 6.42 Å². The van der Waals surface area contributed by atoms with Crippen LogP contribution >= 0.6 is 11.8 Å². The van der Waals surface area contributed by atoms with Crippen LogP contribution in [0.3, 0.4) is 0 Å². The zero-order valence-electron chi connectivity index (χ0n) is 10.0. The summed E-state index contributed by atoms with van der Waals surface area (Å²) in [6.07, 6.45) is 4.29. The molecule has 1 unspecified atom stereocenters. The van der Waals surface area contributed by atoms with E-state index in [-0.39, 0.29) is 5.82 Å². The van der Waals surface area contributed by atoms with Crippen LogP contribution in [0.1, 0.15) is 18.9 Å². The first-order chi connectivity index (χ1) is 7.72. The van der Waals surface area contributed by atoms with Gasteiger partial charge in [0.25, 0.3) is 0 Å². The van der Waals surface area contributed by atoms with Crippen LogP contribution in [-0.4, -0.2) is 24.6 Å². The van der Waals surface area contributed by atoms with E-state index in [0.29, 0.717) is 6.04 Å². The SMILES string of the molecule is CSCCCNC(C)Cc1ccc(F)cc1. The number of nitrogens with one attached hydrogen (secondary N) is 1. The van der Waals surface area contributed by atoms with E-state index in [2.05, 4.69) is 18.5 Å². The van der Waals surface area contributed by atoms with Crippen molar-refractivity contribution in [2.24, 2.45) is 0 Å². The van der Waals surface area contributed by atoms with E-state index < -0.39 is 0 Å². The van der Waals surface area contributed by atoms with Crippen molar-refractivity contribution in [2.75, 3.05) is 18.6 Å². The molecule has 0 bridgehead atoms. The molecule has 0 amide bonds. The summed E-state index contributed by atoms with van der Waals surface area (Å²) in [5.41, 5.74) is 1.19. The van der Waals surface area contributed by atoms with Gasteiger partial charge in [-0.25, -0.2) is 4.39 Å². The Balaban J connectivity index is 2.23. The summed E-state index contributed by atoms with van der Waals surface area (Å²) in [5.74, 6) is 1.04. The lowest BCUT2D eigenvalue weighted by Gasteiger charge is -2.13. The van der Waals surface area contributed by atoms with Crippen LogP contribution in [0, 0.1) is 5.82 Å². The minimum atomic E-state index is -0.163. The molecule has 1 N–H and O–H groups in total. The molecule has 0 heterocycles. The molecule has 1 nitrogen and oxygen atoms in total. The summed E-state index contributed by atoms with van der Waals surface area (Å²) in [5, 5.41) is 3.47. The molecular weight excluding hydrogens is 221 g/mol. The normalized spacial score (nSPS) is 12.7. The first kappa shape index (κ1) is 13.5. The molecule has 0 fully saturated rings. The van der Waals surface area contributed by atoms with Gasteiger partial charge in [0, 0.05) is 6.04 Å². The highest BCUT2D eigenvalue weighted by atomic mass is 32.2. The topological polar surface area (TPSA) is 12.0 Å². The van der Waals surface area contributed by atoms with E-state index in [0.717, 1.165) is 13.0 Å². The van der Waals surface area contributed by atoms with Crippen molar-refractivity contribution < 1.29 is 4.39 Å². The molecule has 1 atom stereocenters. The lowest BCUT2D eigenvalue weighted by atomic mass is 10.1. The molecule has 0 saturated heterocycles. The van der Waals surface area contributed by atoms with Crippen LogP contribution in [0.2, 0.25) is 0 Å². The summed E-state index contributed by atoms with van der Waals surface area (Å²) < 4.78 is 12.7. The predicted molar refractivity (Wildman–Crippen MR) is 70.6 cm³/mol. The molecule has 0 aliphatic rings. The van der Waals surface area contributed by atoms with E-state index >= 15 is 0 Å². The predicted octanol–water partition coefficient (Wildman–Crippen LogP) is 3.10. The van der Waals surface area contributed by atoms with Gasteiger partial charge in [0.15, 0.2) is 0 Å². The lowest BCUT2D eigenvalue weighted by molar-refractivity contribution is 0.544. The molecular formula is C13H20FNS. The van der Waals surface area contributed by atoms with Crippen LogP contribution in [0.25, 0.3) is 0 Å². The Morgan fingerprint density at radius 3 is 2.62 bits per heavy atom. The van der Waals surface area contributed by atoms with Crippen molar-refractivity contribution in [2.45, 2.75) is 25.8 Å². The van der Waals surface area contributed by atoms with Crippen molar-refractivity contribution in [3.05, 3.63) is 35.6 Å². The quantitative estimate of drug-likeness (QED) is 0.736. The molecule has 0 aromatic heterocycles. The molecule has 0 saturated carbocycles. The van der Waals surface area contributed by atoms with Gasteiger partial charge in [-0.2, -0.15) is 11.8 Å². The zero-order chi connectivity index (χ0) is 11.8. The maximum absolute atomic E-state index is 12.7. The average Bonchev–Trinajstić information content (AvgIpc) is 2.28. The van der Waals surface area contributed by atoms with Crippen LogP contribution < -0.4 is 5.32 Å². The van der Waals surface area contributed by atoms with Crippen LogP contribution in [0.5, 0.6) is 0 Å². The number of halogens is 1. The summed E-state index contributed by atoms with van der Waals surface area (Å²) in [7, 11) is 0. The highest BCUT2D eigenvalue weighted by molar-refractivity contribution is 7.98. The molecule has 0 aliphatic heterocycles. The van der Waals surface area contributed by atoms with Crippen molar-refractivity contribution in [3.63, 3.8) is 0 Å². The maximum atomic E-state index is 12.7. The fourth-order valence-electron chi connectivity index (χ4n) is 1.61. The van der Waals surface area contributed by atoms with Crippen molar-refractivity contribution in [3.8, 4) is 0 Å². The Morgan fingerprint density at radius 2 is 2.00 bits per heavy atom. The maximum Gasteiger partial charge on any atom is 0.123 e. The van der Waals surface area contributed by atoms with Gasteiger partial charge in [0.1, 0.15) is 5.82 Å². The Hall–Kier alpha value is -0.540. The zero-order valence-corrected chi connectivity index (χ0v) is 10.8. The second kappa shape index (κ2) is 7.69. The second-order valence-corrected chi connectivity index (χ2v) is 5.02. The second-order valence-electron chi connectivity index (χ2n) is 4.03. The summed E-state index contributed by atoms with van der Waals surface area (Å²) in [4.78, 5) is 0. The molecule has 0 spiro atoms. The summed E-state index contributed by atoms with van der Waals surface area (Å²) in [6.45, 7) is 3.23. The largest absolute Gasteiger partial charge is 0.314 e. The number of hydrogen-bond donors (Lipinski definition) is 1. The fourth-order valence-corrected chi connectivity index (χ4v) is 2.04. The Bertz CT molecular complexity index is 286. The minimum absolute atomic E-state index is 0.163. The number of hydrogen-bond acceptors (Lipinski definition) is 2. The first-order valence-corrected chi connectivity index (χ1v) is 7.08. The standard InChI is InChI=1S/C13H20FNS/c1-11(15-8-3-9-16-2)10-12-4-6-13(14)7-5-12/h4-7,11,15H,3,8-10H2,1-2H3. The van der Waals surface area contributed by atoms with Gasteiger partial charge in [-0.1, -0.05) is 12.1 Å². The van der Waals surface area contributed by atoms with Gasteiger partial charge >= 0.3 is 0 Å². The molecule has 0 aliphatic carbocycles. The smallest absolute Gasteiger partial charge is 0.123 e. The Morgan fingerprint density at radius 1 is 1.31 bits per heavy atom. The van der Waals surface area contributed by atoms with Gasteiger partial charge in [-0.15, -0.1) is 0 Å². The van der Waals surface area contributed by atoms with Crippen molar-refractivity contribution >= 4 is 11.8 Å². The highest BCUT2D eigenvalue weighted by Gasteiger charge is 2.02. The third-order valence-electron chi connectivity index (χ3n) is 2.47. The van der Waals surface area contributed by atoms with E-state index in [1.54, 1.807) is 0 Å². The van der Waals surface area contributed by atoms with E-state index in [4.69, 9.17) is 0 Å². The van der Waals surface area contributed by atoms with Crippen LogP contribution in [0.15, 0.2) is 24.3 Å². The molecule has 1 aromatic rings. The average molecular weight is 241 g/mol. The number of benzene rings is 1. The minimum Gasteiger partial charge on any atom is -0.314 e. The van der Waals surface area contributed by atoms with Crippen molar-refractivity contribution in [1.29, 1.82) is 0 Å². The molecule has 1 aromatic carbocycles. The summed E-state index contributed by atoms with van der Waals surface area (Å²) in [6, 6.07) is 7.21. The fraction of sp³-hybridized carbons (Fsp3) is 0.538. The monoisotopic (exact) mass is 241 g/mol.